The Morgan fingerprint density at radius 2 is 1.97 bits per heavy atom. The molecule has 0 saturated carbocycles. The molecule has 1 aromatic carbocycles. The fourth-order valence-corrected chi connectivity index (χ4v) is 4.07. The molecule has 4 rings (SSSR count). The lowest BCUT2D eigenvalue weighted by Crippen LogP contribution is -2.58. The first-order valence-corrected chi connectivity index (χ1v) is 10.2. The van der Waals surface area contributed by atoms with Crippen LogP contribution in [0.5, 0.6) is 0 Å². The molecule has 1 N–H and O–H groups in total. The molecule has 9 heteroatoms. The van der Waals surface area contributed by atoms with Gasteiger partial charge in [-0.05, 0) is 38.8 Å². The Morgan fingerprint density at radius 3 is 2.73 bits per heavy atom. The predicted octanol–water partition coefficient (Wildman–Crippen LogP) is 2.07. The molecule has 0 aromatic heterocycles. The number of guanidine groups is 1. The number of fused-ring (bicyclic) bond motifs is 2. The van der Waals surface area contributed by atoms with Gasteiger partial charge >= 0.3 is 6.09 Å². The minimum Gasteiger partial charge on any atom is -0.444 e. The highest BCUT2D eigenvalue weighted by Gasteiger charge is 2.36. The third kappa shape index (κ3) is 4.81. The highest BCUT2D eigenvalue weighted by Crippen LogP contribution is 2.27. The van der Waals surface area contributed by atoms with E-state index in [2.05, 4.69) is 21.3 Å². The van der Waals surface area contributed by atoms with Gasteiger partial charge in [-0.25, -0.2) is 4.79 Å². The van der Waals surface area contributed by atoms with Crippen LogP contribution in [0.4, 0.5) is 10.5 Å². The quantitative estimate of drug-likeness (QED) is 0.597. The first-order chi connectivity index (χ1) is 13.8. The maximum Gasteiger partial charge on any atom is 0.410 e. The summed E-state index contributed by atoms with van der Waals surface area (Å²) in [6, 6.07) is 8.18. The van der Waals surface area contributed by atoms with Gasteiger partial charge in [0.25, 0.3) is 0 Å². The Kier molecular flexibility index (Phi) is 6.78. The minimum atomic E-state index is -0.498. The molecule has 30 heavy (non-hydrogen) atoms. The van der Waals surface area contributed by atoms with Crippen molar-refractivity contribution >= 4 is 47.6 Å². The second kappa shape index (κ2) is 8.99. The summed E-state index contributed by atoms with van der Waals surface area (Å²) in [5.74, 6) is 0.799. The van der Waals surface area contributed by atoms with Gasteiger partial charge in [0, 0.05) is 31.9 Å². The van der Waals surface area contributed by atoms with Crippen LogP contribution in [0.25, 0.3) is 0 Å². The molecule has 0 spiro atoms. The zero-order chi connectivity index (χ0) is 20.6. The SMILES string of the molecule is CC(C)(C)OC(=O)N1CCN2C(NCC(=O)N3CCc4ccccc43)=NCC2C1.I. The molecule has 3 heterocycles. The van der Waals surface area contributed by atoms with Crippen molar-refractivity contribution in [3.8, 4) is 0 Å². The van der Waals surface area contributed by atoms with Crippen LogP contribution in [0.3, 0.4) is 0 Å². The molecular weight excluding hydrogens is 497 g/mol. The van der Waals surface area contributed by atoms with Crippen molar-refractivity contribution in [1.29, 1.82) is 0 Å². The molecule has 1 saturated heterocycles. The van der Waals surface area contributed by atoms with E-state index in [1.807, 2.05) is 43.9 Å². The van der Waals surface area contributed by atoms with Gasteiger partial charge in [0.2, 0.25) is 5.91 Å². The van der Waals surface area contributed by atoms with Crippen LogP contribution < -0.4 is 10.2 Å². The maximum atomic E-state index is 12.7. The molecular formula is C21H30IN5O3. The highest BCUT2D eigenvalue weighted by molar-refractivity contribution is 14.0. The molecule has 3 aliphatic heterocycles. The van der Waals surface area contributed by atoms with Gasteiger partial charge < -0.3 is 24.8 Å². The monoisotopic (exact) mass is 527 g/mol. The van der Waals surface area contributed by atoms with E-state index in [9.17, 15) is 9.59 Å². The number of anilines is 1. The van der Waals surface area contributed by atoms with Crippen LogP contribution in [-0.4, -0.2) is 78.7 Å². The zero-order valence-corrected chi connectivity index (χ0v) is 20.1. The van der Waals surface area contributed by atoms with E-state index < -0.39 is 5.60 Å². The lowest BCUT2D eigenvalue weighted by Gasteiger charge is -2.39. The fraction of sp³-hybridized carbons (Fsp3) is 0.571. The van der Waals surface area contributed by atoms with Crippen LogP contribution in [0.15, 0.2) is 29.3 Å². The fourth-order valence-electron chi connectivity index (χ4n) is 4.07. The largest absolute Gasteiger partial charge is 0.444 e. The van der Waals surface area contributed by atoms with Gasteiger partial charge in [-0.15, -0.1) is 24.0 Å². The summed E-state index contributed by atoms with van der Waals surface area (Å²) in [5.41, 5.74) is 1.73. The van der Waals surface area contributed by atoms with Gasteiger partial charge in [0.15, 0.2) is 5.96 Å². The third-order valence-electron chi connectivity index (χ3n) is 5.44. The summed E-state index contributed by atoms with van der Waals surface area (Å²) in [5, 5.41) is 3.22. The number of nitrogens with zero attached hydrogens (tertiary/aromatic N) is 4. The van der Waals surface area contributed by atoms with Gasteiger partial charge in [-0.3, -0.25) is 9.79 Å². The molecule has 1 atom stereocenters. The van der Waals surface area contributed by atoms with E-state index in [4.69, 9.17) is 4.74 Å². The number of halogens is 1. The van der Waals surface area contributed by atoms with E-state index >= 15 is 0 Å². The molecule has 164 valence electrons. The predicted molar refractivity (Wildman–Crippen MR) is 127 cm³/mol. The number of para-hydroxylation sites is 1. The van der Waals surface area contributed by atoms with Gasteiger partial charge in [-0.1, -0.05) is 18.2 Å². The summed E-state index contributed by atoms with van der Waals surface area (Å²) < 4.78 is 5.48. The van der Waals surface area contributed by atoms with Crippen LogP contribution in [0.2, 0.25) is 0 Å². The van der Waals surface area contributed by atoms with Crippen LogP contribution in [0.1, 0.15) is 26.3 Å². The van der Waals surface area contributed by atoms with E-state index in [1.165, 1.54) is 5.56 Å². The molecule has 8 nitrogen and oxygen atoms in total. The Hall–Kier alpha value is -2.04. The van der Waals surface area contributed by atoms with E-state index in [-0.39, 0.29) is 48.6 Å². The Bertz CT molecular complexity index is 838. The molecule has 1 unspecified atom stereocenters. The Labute approximate surface area is 194 Å². The van der Waals surface area contributed by atoms with Gasteiger partial charge in [0.1, 0.15) is 5.60 Å². The molecule has 0 radical (unpaired) electrons. The normalized spacial score (nSPS) is 20.2. The number of rotatable bonds is 2. The Balaban J connectivity index is 0.00000256. The van der Waals surface area contributed by atoms with E-state index in [0.29, 0.717) is 26.2 Å². The first kappa shape index (κ1) is 22.6. The second-order valence-electron chi connectivity index (χ2n) is 8.72. The molecule has 0 bridgehead atoms. The van der Waals surface area contributed by atoms with Crippen molar-refractivity contribution in [3.63, 3.8) is 0 Å². The smallest absolute Gasteiger partial charge is 0.410 e. The summed E-state index contributed by atoms with van der Waals surface area (Å²) in [6.45, 7) is 9.01. The number of hydrogen-bond acceptors (Lipinski definition) is 6. The summed E-state index contributed by atoms with van der Waals surface area (Å²) >= 11 is 0. The summed E-state index contributed by atoms with van der Waals surface area (Å²) in [4.78, 5) is 35.4. The van der Waals surface area contributed by atoms with Crippen molar-refractivity contribution in [1.82, 2.24) is 15.1 Å². The topological polar surface area (TPSA) is 77.5 Å². The first-order valence-electron chi connectivity index (χ1n) is 10.2. The molecule has 1 aromatic rings. The zero-order valence-electron chi connectivity index (χ0n) is 17.8. The van der Waals surface area contributed by atoms with Crippen LogP contribution in [-0.2, 0) is 16.0 Å². The van der Waals surface area contributed by atoms with Gasteiger partial charge in [0.05, 0.1) is 19.1 Å². The number of benzene rings is 1. The standard InChI is InChI=1S/C21H29N5O3.HI/c1-21(2,3)29-20(28)24-10-11-25-16(14-24)12-22-19(25)23-13-18(27)26-9-8-15-6-4-5-7-17(15)26;/h4-7,16H,8-14H2,1-3H3,(H,22,23);1H. The average Bonchev–Trinajstić information content (AvgIpc) is 3.28. The van der Waals surface area contributed by atoms with Crippen molar-refractivity contribution in [2.45, 2.75) is 38.8 Å². The average molecular weight is 527 g/mol. The lowest BCUT2D eigenvalue weighted by atomic mass is 10.2. The second-order valence-corrected chi connectivity index (χ2v) is 8.72. The molecule has 3 aliphatic rings. The minimum absolute atomic E-state index is 0. The number of carbonyl (C=O) groups is 2. The molecule has 0 aliphatic carbocycles. The van der Waals surface area contributed by atoms with Crippen molar-refractivity contribution in [2.24, 2.45) is 4.99 Å². The van der Waals surface area contributed by atoms with Crippen molar-refractivity contribution in [3.05, 3.63) is 29.8 Å². The van der Waals surface area contributed by atoms with Gasteiger partial charge in [-0.2, -0.15) is 0 Å². The number of carbonyl (C=O) groups excluding carboxylic acids is 2. The number of piperazine rings is 1. The summed E-state index contributed by atoms with van der Waals surface area (Å²) in [7, 11) is 0. The maximum absolute atomic E-state index is 12.7. The number of hydrogen-bond donors (Lipinski definition) is 1. The van der Waals surface area contributed by atoms with Crippen molar-refractivity contribution < 1.29 is 14.3 Å². The number of nitrogens with one attached hydrogen (secondary N) is 1. The highest BCUT2D eigenvalue weighted by atomic mass is 127. The molecule has 1 fully saturated rings. The number of amides is 2. The number of ether oxygens (including phenoxy) is 1. The number of aliphatic imine (C=N–C) groups is 1. The van der Waals surface area contributed by atoms with Crippen molar-refractivity contribution in [2.75, 3.05) is 44.2 Å². The lowest BCUT2D eigenvalue weighted by molar-refractivity contribution is -0.117. The van der Waals surface area contributed by atoms with E-state index in [0.717, 1.165) is 24.6 Å². The Morgan fingerprint density at radius 1 is 1.20 bits per heavy atom. The third-order valence-corrected chi connectivity index (χ3v) is 5.44. The van der Waals surface area contributed by atoms with Crippen LogP contribution >= 0.6 is 24.0 Å². The van der Waals surface area contributed by atoms with Crippen LogP contribution in [0, 0.1) is 0 Å². The van der Waals surface area contributed by atoms with E-state index in [1.54, 1.807) is 4.90 Å². The summed E-state index contributed by atoms with van der Waals surface area (Å²) in [6.07, 6.45) is 0.624. The molecule has 2 amide bonds.